The number of ether oxygens (including phenoxy) is 1. The Labute approximate surface area is 130 Å². The van der Waals surface area contributed by atoms with Crippen LogP contribution >= 0.6 is 0 Å². The zero-order chi connectivity index (χ0) is 15.5. The van der Waals surface area contributed by atoms with E-state index in [4.69, 9.17) is 4.74 Å². The number of piperidine rings is 1. The van der Waals surface area contributed by atoms with Gasteiger partial charge < -0.3 is 15.0 Å². The fraction of sp³-hybridized carbons (Fsp3) is 0.529. The molecule has 0 saturated carbocycles. The van der Waals surface area contributed by atoms with Crippen LogP contribution in [0.5, 0.6) is 5.75 Å². The molecule has 5 heteroatoms. The van der Waals surface area contributed by atoms with Gasteiger partial charge in [-0.3, -0.25) is 9.59 Å². The van der Waals surface area contributed by atoms with Crippen molar-refractivity contribution in [3.8, 4) is 5.75 Å². The lowest BCUT2D eigenvalue weighted by Gasteiger charge is -2.41. The molecule has 2 aliphatic heterocycles. The monoisotopic (exact) mass is 302 g/mol. The second kappa shape index (κ2) is 6.38. The Morgan fingerprint density at radius 2 is 2.23 bits per heavy atom. The first-order valence-corrected chi connectivity index (χ1v) is 7.96. The Morgan fingerprint density at radius 1 is 1.41 bits per heavy atom. The summed E-state index contributed by atoms with van der Waals surface area (Å²) in [6.07, 6.45) is 2.17. The molecule has 22 heavy (non-hydrogen) atoms. The van der Waals surface area contributed by atoms with Gasteiger partial charge in [-0.2, -0.15) is 0 Å². The normalized spacial score (nSPS) is 22.0. The molecule has 1 atom stereocenters. The van der Waals surface area contributed by atoms with Gasteiger partial charge in [0.05, 0.1) is 19.0 Å². The van der Waals surface area contributed by atoms with E-state index in [0.29, 0.717) is 32.5 Å². The smallest absolute Gasteiger partial charge is 0.227 e. The van der Waals surface area contributed by atoms with Crippen molar-refractivity contribution < 1.29 is 14.3 Å². The van der Waals surface area contributed by atoms with Crippen molar-refractivity contribution in [1.82, 2.24) is 10.2 Å². The van der Waals surface area contributed by atoms with E-state index in [1.54, 1.807) is 0 Å². The Morgan fingerprint density at radius 3 is 2.91 bits per heavy atom. The van der Waals surface area contributed by atoms with E-state index in [9.17, 15) is 9.59 Å². The summed E-state index contributed by atoms with van der Waals surface area (Å²) in [7, 11) is 0. The maximum atomic E-state index is 12.3. The van der Waals surface area contributed by atoms with E-state index in [2.05, 4.69) is 24.4 Å². The molecule has 118 valence electrons. The fourth-order valence-corrected chi connectivity index (χ4v) is 2.93. The Kier molecular flexibility index (Phi) is 4.32. The highest BCUT2D eigenvalue weighted by Crippen LogP contribution is 2.22. The second-order valence-electron chi connectivity index (χ2n) is 6.02. The van der Waals surface area contributed by atoms with Crippen LogP contribution in [0.3, 0.4) is 0 Å². The first-order valence-electron chi connectivity index (χ1n) is 7.96. The molecule has 0 unspecified atom stereocenters. The third-order valence-electron chi connectivity index (χ3n) is 4.38. The van der Waals surface area contributed by atoms with Crippen LogP contribution in [0.15, 0.2) is 24.3 Å². The predicted octanol–water partition coefficient (Wildman–Crippen LogP) is 1.36. The van der Waals surface area contributed by atoms with Crippen molar-refractivity contribution in [2.45, 2.75) is 32.3 Å². The van der Waals surface area contributed by atoms with Gasteiger partial charge in [0.15, 0.2) is 0 Å². The third-order valence-corrected chi connectivity index (χ3v) is 4.38. The quantitative estimate of drug-likeness (QED) is 0.914. The summed E-state index contributed by atoms with van der Waals surface area (Å²) in [5.41, 5.74) is 1.25. The molecule has 1 N–H and O–H groups in total. The zero-order valence-corrected chi connectivity index (χ0v) is 12.9. The van der Waals surface area contributed by atoms with E-state index >= 15 is 0 Å². The Balaban J connectivity index is 1.47. The number of likely N-dealkylation sites (tertiary alicyclic amines) is 1. The predicted molar refractivity (Wildman–Crippen MR) is 82.5 cm³/mol. The number of aryl methyl sites for hydroxylation is 1. The van der Waals surface area contributed by atoms with Gasteiger partial charge >= 0.3 is 0 Å². The molecule has 0 radical (unpaired) electrons. The van der Waals surface area contributed by atoms with E-state index in [-0.39, 0.29) is 23.8 Å². The van der Waals surface area contributed by atoms with Crippen LogP contribution in [0.25, 0.3) is 0 Å². The van der Waals surface area contributed by atoms with Crippen molar-refractivity contribution in [2.75, 3.05) is 19.6 Å². The molecule has 2 aliphatic rings. The first kappa shape index (κ1) is 14.9. The minimum atomic E-state index is -0.0675. The summed E-state index contributed by atoms with van der Waals surface area (Å²) < 4.78 is 5.91. The lowest BCUT2D eigenvalue weighted by Crippen LogP contribution is -2.59. The van der Waals surface area contributed by atoms with Crippen LogP contribution in [-0.4, -0.2) is 42.5 Å². The Bertz CT molecular complexity index is 557. The van der Waals surface area contributed by atoms with Gasteiger partial charge in [0.2, 0.25) is 11.8 Å². The van der Waals surface area contributed by atoms with Crippen molar-refractivity contribution in [3.63, 3.8) is 0 Å². The highest BCUT2D eigenvalue weighted by Gasteiger charge is 2.36. The standard InChI is InChI=1S/C17H22N2O3/c1-2-12-4-3-5-14(8-12)22-15-10-19(11-15)17(21)13-6-7-16(20)18-9-13/h3-5,8,13,15H,2,6-7,9-11H2,1H3,(H,18,20)/t13-/m0/s1. The van der Waals surface area contributed by atoms with Gasteiger partial charge in [-0.1, -0.05) is 19.1 Å². The molecular weight excluding hydrogens is 280 g/mol. The van der Waals surface area contributed by atoms with E-state index < -0.39 is 0 Å². The number of nitrogens with zero attached hydrogens (tertiary/aromatic N) is 1. The van der Waals surface area contributed by atoms with Crippen molar-refractivity contribution >= 4 is 11.8 Å². The number of hydrogen-bond donors (Lipinski definition) is 1. The number of amides is 2. The summed E-state index contributed by atoms with van der Waals surface area (Å²) in [4.78, 5) is 25.3. The third kappa shape index (κ3) is 3.24. The topological polar surface area (TPSA) is 58.6 Å². The van der Waals surface area contributed by atoms with Crippen LogP contribution in [0.4, 0.5) is 0 Å². The minimum Gasteiger partial charge on any atom is -0.487 e. The van der Waals surface area contributed by atoms with Crippen molar-refractivity contribution in [1.29, 1.82) is 0 Å². The van der Waals surface area contributed by atoms with Crippen LogP contribution in [0, 0.1) is 5.92 Å². The van der Waals surface area contributed by atoms with Gasteiger partial charge in [-0.15, -0.1) is 0 Å². The van der Waals surface area contributed by atoms with Crippen molar-refractivity contribution in [3.05, 3.63) is 29.8 Å². The number of carbonyl (C=O) groups excluding carboxylic acids is 2. The lowest BCUT2D eigenvalue weighted by molar-refractivity contribution is -0.145. The lowest BCUT2D eigenvalue weighted by atomic mass is 9.96. The number of benzene rings is 1. The number of rotatable bonds is 4. The summed E-state index contributed by atoms with van der Waals surface area (Å²) in [6, 6.07) is 8.10. The molecule has 2 fully saturated rings. The number of hydrogen-bond acceptors (Lipinski definition) is 3. The molecule has 5 nitrogen and oxygen atoms in total. The summed E-state index contributed by atoms with van der Waals surface area (Å²) in [6.45, 7) is 3.86. The summed E-state index contributed by atoms with van der Waals surface area (Å²) in [5.74, 6) is 0.996. The molecule has 0 aromatic heterocycles. The van der Waals surface area contributed by atoms with Gasteiger partial charge in [0.25, 0.3) is 0 Å². The number of nitrogens with one attached hydrogen (secondary N) is 1. The average molecular weight is 302 g/mol. The van der Waals surface area contributed by atoms with Crippen LogP contribution in [-0.2, 0) is 16.0 Å². The first-order chi connectivity index (χ1) is 10.7. The fourth-order valence-electron chi connectivity index (χ4n) is 2.93. The molecular formula is C17H22N2O3. The summed E-state index contributed by atoms with van der Waals surface area (Å²) in [5, 5.41) is 2.76. The van der Waals surface area contributed by atoms with Gasteiger partial charge in [0, 0.05) is 13.0 Å². The number of carbonyl (C=O) groups is 2. The Hall–Kier alpha value is -2.04. The summed E-state index contributed by atoms with van der Waals surface area (Å²) >= 11 is 0. The van der Waals surface area contributed by atoms with Crippen molar-refractivity contribution in [2.24, 2.45) is 5.92 Å². The molecule has 2 amide bonds. The molecule has 2 heterocycles. The molecule has 0 bridgehead atoms. The highest BCUT2D eigenvalue weighted by molar-refractivity contribution is 5.84. The molecule has 1 aromatic rings. The second-order valence-corrected chi connectivity index (χ2v) is 6.02. The largest absolute Gasteiger partial charge is 0.487 e. The van der Waals surface area contributed by atoms with Crippen LogP contribution < -0.4 is 10.1 Å². The molecule has 0 aliphatic carbocycles. The molecule has 0 spiro atoms. The van der Waals surface area contributed by atoms with Crippen LogP contribution in [0.2, 0.25) is 0 Å². The van der Waals surface area contributed by atoms with E-state index in [0.717, 1.165) is 12.2 Å². The molecule has 1 aromatic carbocycles. The maximum absolute atomic E-state index is 12.3. The molecule has 3 rings (SSSR count). The van der Waals surface area contributed by atoms with Crippen LogP contribution in [0.1, 0.15) is 25.3 Å². The SMILES string of the molecule is CCc1cccc(OC2CN(C(=O)[C@H]3CCC(=O)NC3)C2)c1. The van der Waals surface area contributed by atoms with E-state index in [1.807, 2.05) is 17.0 Å². The maximum Gasteiger partial charge on any atom is 0.227 e. The minimum absolute atomic E-state index is 0.0460. The van der Waals surface area contributed by atoms with Gasteiger partial charge in [-0.25, -0.2) is 0 Å². The van der Waals surface area contributed by atoms with Gasteiger partial charge in [0.1, 0.15) is 11.9 Å². The van der Waals surface area contributed by atoms with E-state index in [1.165, 1.54) is 5.56 Å². The highest BCUT2D eigenvalue weighted by atomic mass is 16.5. The van der Waals surface area contributed by atoms with Gasteiger partial charge in [-0.05, 0) is 30.5 Å². The zero-order valence-electron chi connectivity index (χ0n) is 12.9. The molecule has 2 saturated heterocycles. The average Bonchev–Trinajstić information content (AvgIpc) is 2.51.